The van der Waals surface area contributed by atoms with Crippen LogP contribution in [0, 0.1) is 0 Å². The van der Waals surface area contributed by atoms with E-state index in [-0.39, 0.29) is 5.91 Å². The standard InChI is InChI=1S/C13H12N2O2S/c16-13(7-6-12-9-18-10-14-12)15-17-8-11-4-2-1-3-5-11/h1-7,9-10H,8H2,(H,15,16). The van der Waals surface area contributed by atoms with Gasteiger partial charge < -0.3 is 0 Å². The fourth-order valence-electron chi connectivity index (χ4n) is 1.26. The van der Waals surface area contributed by atoms with Crippen LogP contribution in [0.15, 0.2) is 47.3 Å². The van der Waals surface area contributed by atoms with Gasteiger partial charge in [-0.15, -0.1) is 11.3 Å². The van der Waals surface area contributed by atoms with E-state index in [4.69, 9.17) is 4.84 Å². The summed E-state index contributed by atoms with van der Waals surface area (Å²) in [7, 11) is 0. The number of nitrogens with zero attached hydrogens (tertiary/aromatic N) is 1. The molecule has 0 aliphatic carbocycles. The van der Waals surface area contributed by atoms with Crippen LogP contribution in [0.1, 0.15) is 11.3 Å². The fourth-order valence-corrected chi connectivity index (χ4v) is 1.79. The second-order valence-corrected chi connectivity index (χ2v) is 4.21. The summed E-state index contributed by atoms with van der Waals surface area (Å²) in [4.78, 5) is 20.5. The maximum Gasteiger partial charge on any atom is 0.267 e. The maximum absolute atomic E-state index is 11.4. The highest BCUT2D eigenvalue weighted by Gasteiger charge is 1.96. The summed E-state index contributed by atoms with van der Waals surface area (Å²) in [6.07, 6.45) is 3.03. The summed E-state index contributed by atoms with van der Waals surface area (Å²) in [5.74, 6) is -0.307. The predicted octanol–water partition coefficient (Wildman–Crippen LogP) is 2.40. The Balaban J connectivity index is 1.72. The van der Waals surface area contributed by atoms with Gasteiger partial charge in [-0.25, -0.2) is 10.5 Å². The summed E-state index contributed by atoms with van der Waals surface area (Å²) < 4.78 is 0. The number of rotatable bonds is 5. The van der Waals surface area contributed by atoms with Crippen molar-refractivity contribution in [1.82, 2.24) is 10.5 Å². The van der Waals surface area contributed by atoms with Crippen LogP contribution < -0.4 is 5.48 Å². The van der Waals surface area contributed by atoms with E-state index in [1.165, 1.54) is 17.4 Å². The van der Waals surface area contributed by atoms with E-state index in [0.717, 1.165) is 11.3 Å². The van der Waals surface area contributed by atoms with Crippen molar-refractivity contribution in [2.75, 3.05) is 0 Å². The van der Waals surface area contributed by atoms with Crippen molar-refractivity contribution in [3.63, 3.8) is 0 Å². The average molecular weight is 260 g/mol. The van der Waals surface area contributed by atoms with E-state index in [9.17, 15) is 4.79 Å². The molecule has 0 fully saturated rings. The molecule has 2 rings (SSSR count). The van der Waals surface area contributed by atoms with Crippen molar-refractivity contribution >= 4 is 23.3 Å². The maximum atomic E-state index is 11.4. The molecule has 0 spiro atoms. The first-order chi connectivity index (χ1) is 8.84. The third-order valence-corrected chi connectivity index (χ3v) is 2.72. The summed E-state index contributed by atoms with van der Waals surface area (Å²) in [5, 5.41) is 1.86. The van der Waals surface area contributed by atoms with Gasteiger partial charge in [-0.05, 0) is 11.6 Å². The van der Waals surface area contributed by atoms with Crippen LogP contribution in [0.25, 0.3) is 6.08 Å². The van der Waals surface area contributed by atoms with E-state index < -0.39 is 0 Å². The quantitative estimate of drug-likeness (QED) is 0.663. The molecule has 0 unspecified atom stereocenters. The van der Waals surface area contributed by atoms with Gasteiger partial charge in [0.2, 0.25) is 0 Å². The Morgan fingerprint density at radius 1 is 1.39 bits per heavy atom. The van der Waals surface area contributed by atoms with Crippen molar-refractivity contribution in [3.05, 3.63) is 58.6 Å². The molecule has 1 amide bonds. The van der Waals surface area contributed by atoms with Crippen LogP contribution in [-0.2, 0) is 16.2 Å². The van der Waals surface area contributed by atoms with Crippen LogP contribution in [0.4, 0.5) is 0 Å². The van der Waals surface area contributed by atoms with Crippen LogP contribution >= 0.6 is 11.3 Å². The van der Waals surface area contributed by atoms with Crippen molar-refractivity contribution in [3.8, 4) is 0 Å². The number of hydrogen-bond donors (Lipinski definition) is 1. The van der Waals surface area contributed by atoms with Gasteiger partial charge in [-0.3, -0.25) is 9.63 Å². The molecule has 92 valence electrons. The van der Waals surface area contributed by atoms with Crippen molar-refractivity contribution < 1.29 is 9.63 Å². The van der Waals surface area contributed by atoms with Crippen LogP contribution in [0.5, 0.6) is 0 Å². The molecule has 0 radical (unpaired) electrons. The zero-order valence-electron chi connectivity index (χ0n) is 9.58. The van der Waals surface area contributed by atoms with E-state index >= 15 is 0 Å². The molecule has 1 aromatic carbocycles. The Morgan fingerprint density at radius 2 is 2.22 bits per heavy atom. The molecule has 1 N–H and O–H groups in total. The Hall–Kier alpha value is -1.98. The SMILES string of the molecule is O=C(C=Cc1cscn1)NOCc1ccccc1. The van der Waals surface area contributed by atoms with E-state index in [0.29, 0.717) is 6.61 Å². The topological polar surface area (TPSA) is 51.2 Å². The van der Waals surface area contributed by atoms with Crippen LogP contribution in [0.2, 0.25) is 0 Å². The van der Waals surface area contributed by atoms with Crippen molar-refractivity contribution in [2.45, 2.75) is 6.61 Å². The summed E-state index contributed by atoms with van der Waals surface area (Å²) in [6, 6.07) is 9.62. The molecule has 0 atom stereocenters. The Kier molecular flexibility index (Phi) is 4.63. The van der Waals surface area contributed by atoms with Crippen LogP contribution in [-0.4, -0.2) is 10.9 Å². The van der Waals surface area contributed by atoms with Crippen LogP contribution in [0.3, 0.4) is 0 Å². The molecule has 18 heavy (non-hydrogen) atoms. The number of carbonyl (C=O) groups is 1. The van der Waals surface area contributed by atoms with Crippen molar-refractivity contribution in [1.29, 1.82) is 0 Å². The molecule has 4 nitrogen and oxygen atoms in total. The lowest BCUT2D eigenvalue weighted by atomic mass is 10.2. The Labute approximate surface area is 109 Å². The van der Waals surface area contributed by atoms with Gasteiger partial charge >= 0.3 is 0 Å². The van der Waals surface area contributed by atoms with Gasteiger partial charge in [0.05, 0.1) is 17.8 Å². The summed E-state index contributed by atoms with van der Waals surface area (Å²) in [6.45, 7) is 0.344. The van der Waals surface area contributed by atoms with E-state index in [2.05, 4.69) is 10.5 Å². The summed E-state index contributed by atoms with van der Waals surface area (Å²) in [5.41, 5.74) is 5.82. The number of carbonyl (C=O) groups excluding carboxylic acids is 1. The molecular formula is C13H12N2O2S. The smallest absolute Gasteiger partial charge is 0.267 e. The van der Waals surface area contributed by atoms with E-state index in [1.54, 1.807) is 11.6 Å². The molecule has 1 heterocycles. The highest BCUT2D eigenvalue weighted by molar-refractivity contribution is 7.07. The second kappa shape index (κ2) is 6.68. The minimum absolute atomic E-state index is 0.307. The molecule has 0 saturated carbocycles. The van der Waals surface area contributed by atoms with Crippen molar-refractivity contribution in [2.24, 2.45) is 0 Å². The lowest BCUT2D eigenvalue weighted by Crippen LogP contribution is -2.21. The molecule has 2 aromatic rings. The molecule has 0 saturated heterocycles. The Bertz CT molecular complexity index is 509. The number of aromatic nitrogens is 1. The monoisotopic (exact) mass is 260 g/mol. The number of hydroxylamine groups is 1. The largest absolute Gasteiger partial charge is 0.269 e. The Morgan fingerprint density at radius 3 is 2.94 bits per heavy atom. The third kappa shape index (κ3) is 4.12. The molecule has 5 heteroatoms. The predicted molar refractivity (Wildman–Crippen MR) is 70.5 cm³/mol. The second-order valence-electron chi connectivity index (χ2n) is 3.49. The number of thiazole rings is 1. The first-order valence-corrected chi connectivity index (χ1v) is 6.31. The zero-order valence-corrected chi connectivity index (χ0v) is 10.4. The minimum Gasteiger partial charge on any atom is -0.269 e. The van der Waals surface area contributed by atoms with Gasteiger partial charge in [0, 0.05) is 11.5 Å². The number of amides is 1. The minimum atomic E-state index is -0.307. The van der Waals surface area contributed by atoms with Gasteiger partial charge in [0.15, 0.2) is 0 Å². The van der Waals surface area contributed by atoms with Gasteiger partial charge in [0.25, 0.3) is 5.91 Å². The molecular weight excluding hydrogens is 248 g/mol. The normalized spacial score (nSPS) is 10.7. The first kappa shape index (κ1) is 12.5. The zero-order chi connectivity index (χ0) is 12.6. The number of benzene rings is 1. The number of nitrogens with one attached hydrogen (secondary N) is 1. The molecule has 1 aromatic heterocycles. The lowest BCUT2D eigenvalue weighted by Gasteiger charge is -2.02. The average Bonchev–Trinajstić information content (AvgIpc) is 2.91. The fraction of sp³-hybridized carbons (Fsp3) is 0.0769. The van der Waals surface area contributed by atoms with E-state index in [1.807, 2.05) is 35.7 Å². The molecule has 0 aliphatic rings. The molecule has 0 bridgehead atoms. The molecule has 0 aliphatic heterocycles. The first-order valence-electron chi connectivity index (χ1n) is 5.36. The van der Waals surface area contributed by atoms with Gasteiger partial charge in [-0.2, -0.15) is 0 Å². The number of hydrogen-bond acceptors (Lipinski definition) is 4. The highest BCUT2D eigenvalue weighted by Crippen LogP contribution is 2.02. The third-order valence-electron chi connectivity index (χ3n) is 2.11. The van der Waals surface area contributed by atoms with Gasteiger partial charge in [-0.1, -0.05) is 30.3 Å². The summed E-state index contributed by atoms with van der Waals surface area (Å²) >= 11 is 1.48. The lowest BCUT2D eigenvalue weighted by molar-refractivity contribution is -0.129. The highest BCUT2D eigenvalue weighted by atomic mass is 32.1. The van der Waals surface area contributed by atoms with Gasteiger partial charge in [0.1, 0.15) is 0 Å².